The van der Waals surface area contributed by atoms with Crippen molar-refractivity contribution in [2.75, 3.05) is 11.9 Å². The van der Waals surface area contributed by atoms with Crippen molar-refractivity contribution in [1.82, 2.24) is 14.4 Å². The maximum absolute atomic E-state index is 9.15. The van der Waals surface area contributed by atoms with E-state index in [0.29, 0.717) is 6.42 Å². The molecule has 2 heterocycles. The first-order chi connectivity index (χ1) is 8.58. The lowest BCUT2D eigenvalue weighted by molar-refractivity contribution is 0.252. The van der Waals surface area contributed by atoms with Gasteiger partial charge in [-0.3, -0.25) is 0 Å². The molecule has 0 bridgehead atoms. The molecular weight excluding hydrogens is 296 g/mol. The van der Waals surface area contributed by atoms with E-state index in [4.69, 9.17) is 5.11 Å². The predicted molar refractivity (Wildman–Crippen MR) is 74.7 cm³/mol. The molecule has 6 heteroatoms. The molecule has 2 rings (SSSR count). The number of nitrogens with one attached hydrogen (secondary N) is 1. The summed E-state index contributed by atoms with van der Waals surface area (Å²) in [5, 5.41) is 12.5. The van der Waals surface area contributed by atoms with Gasteiger partial charge in [0, 0.05) is 30.7 Å². The third kappa shape index (κ3) is 2.64. The molecule has 2 N–H and O–H groups in total. The van der Waals surface area contributed by atoms with E-state index in [9.17, 15) is 0 Å². The summed E-state index contributed by atoms with van der Waals surface area (Å²) in [6.45, 7) is 4.31. The van der Waals surface area contributed by atoms with Gasteiger partial charge >= 0.3 is 0 Å². The van der Waals surface area contributed by atoms with Crippen LogP contribution in [0.25, 0.3) is 5.65 Å². The van der Waals surface area contributed by atoms with E-state index in [2.05, 4.69) is 45.1 Å². The van der Waals surface area contributed by atoms with Crippen LogP contribution in [0.15, 0.2) is 23.2 Å². The normalized spacial score (nSPS) is 14.7. The highest BCUT2D eigenvalue weighted by atomic mass is 79.9. The average molecular weight is 313 g/mol. The molecule has 0 amide bonds. The first-order valence-corrected chi connectivity index (χ1v) is 6.75. The fourth-order valence-corrected chi connectivity index (χ4v) is 2.24. The lowest BCUT2D eigenvalue weighted by Gasteiger charge is -2.29. The Kier molecular flexibility index (Phi) is 3.87. The molecule has 2 aromatic rings. The molecule has 1 atom stereocenters. The third-order valence-electron chi connectivity index (χ3n) is 3.21. The monoisotopic (exact) mass is 312 g/mol. The van der Waals surface area contributed by atoms with Crippen LogP contribution in [0, 0.1) is 0 Å². The van der Waals surface area contributed by atoms with Crippen LogP contribution in [0.4, 0.5) is 5.82 Å². The standard InChI is InChI=1S/C12H17BrN4O/c1-3-12(2,4-7-18)16-10-11-14-5-6-17(11)8-9(13)15-10/h5-6,8,18H,3-4,7H2,1-2H3,(H,15,16). The molecule has 0 aliphatic carbocycles. The molecule has 0 spiro atoms. The van der Waals surface area contributed by atoms with Gasteiger partial charge in [-0.15, -0.1) is 0 Å². The summed E-state index contributed by atoms with van der Waals surface area (Å²) >= 11 is 3.39. The Balaban J connectivity index is 2.38. The molecule has 0 fully saturated rings. The maximum atomic E-state index is 9.15. The summed E-state index contributed by atoms with van der Waals surface area (Å²) in [4.78, 5) is 8.72. The number of halogens is 1. The SMILES string of the molecule is CCC(C)(CCO)Nc1nc(Br)cn2ccnc12. The van der Waals surface area contributed by atoms with Gasteiger partial charge in [0.2, 0.25) is 0 Å². The summed E-state index contributed by atoms with van der Waals surface area (Å²) in [5.41, 5.74) is 0.602. The van der Waals surface area contributed by atoms with Crippen LogP contribution in [0.5, 0.6) is 0 Å². The van der Waals surface area contributed by atoms with Crippen molar-refractivity contribution >= 4 is 27.4 Å². The summed E-state index contributed by atoms with van der Waals surface area (Å²) in [5.74, 6) is 0.729. The Morgan fingerprint density at radius 2 is 2.33 bits per heavy atom. The Morgan fingerprint density at radius 1 is 1.56 bits per heavy atom. The van der Waals surface area contributed by atoms with E-state index in [-0.39, 0.29) is 12.1 Å². The molecule has 5 nitrogen and oxygen atoms in total. The number of aliphatic hydroxyl groups is 1. The summed E-state index contributed by atoms with van der Waals surface area (Å²) < 4.78 is 2.66. The fraction of sp³-hybridized carbons (Fsp3) is 0.500. The molecule has 0 radical (unpaired) electrons. The Hall–Kier alpha value is -1.14. The zero-order valence-corrected chi connectivity index (χ0v) is 12.1. The van der Waals surface area contributed by atoms with Crippen molar-refractivity contribution in [2.24, 2.45) is 0 Å². The van der Waals surface area contributed by atoms with Crippen molar-refractivity contribution in [3.8, 4) is 0 Å². The van der Waals surface area contributed by atoms with E-state index < -0.39 is 0 Å². The summed E-state index contributed by atoms with van der Waals surface area (Å²) in [6.07, 6.45) is 7.05. The fourth-order valence-electron chi connectivity index (χ4n) is 1.85. The quantitative estimate of drug-likeness (QED) is 0.890. The van der Waals surface area contributed by atoms with Crippen molar-refractivity contribution < 1.29 is 5.11 Å². The number of aromatic nitrogens is 3. The van der Waals surface area contributed by atoms with Crippen molar-refractivity contribution in [1.29, 1.82) is 0 Å². The van der Waals surface area contributed by atoms with Crippen LogP contribution in [-0.2, 0) is 0 Å². The minimum atomic E-state index is -0.186. The number of aliphatic hydroxyl groups excluding tert-OH is 1. The first-order valence-electron chi connectivity index (χ1n) is 5.96. The van der Waals surface area contributed by atoms with Gasteiger partial charge in [-0.2, -0.15) is 0 Å². The van der Waals surface area contributed by atoms with Gasteiger partial charge in [0.25, 0.3) is 0 Å². The van der Waals surface area contributed by atoms with Gasteiger partial charge in [-0.1, -0.05) is 6.92 Å². The molecule has 2 aromatic heterocycles. The van der Waals surface area contributed by atoms with E-state index in [1.54, 1.807) is 6.20 Å². The number of nitrogens with zero attached hydrogens (tertiary/aromatic N) is 3. The Morgan fingerprint density at radius 3 is 3.00 bits per heavy atom. The second-order valence-corrected chi connectivity index (χ2v) is 5.40. The molecule has 98 valence electrons. The lowest BCUT2D eigenvalue weighted by atomic mass is 9.95. The van der Waals surface area contributed by atoms with Gasteiger partial charge in [0.1, 0.15) is 4.60 Å². The number of anilines is 1. The van der Waals surface area contributed by atoms with Crippen LogP contribution in [0.1, 0.15) is 26.7 Å². The highest BCUT2D eigenvalue weighted by Gasteiger charge is 2.23. The van der Waals surface area contributed by atoms with E-state index >= 15 is 0 Å². The molecule has 0 aliphatic rings. The van der Waals surface area contributed by atoms with Gasteiger partial charge in [0.05, 0.1) is 0 Å². The highest BCUT2D eigenvalue weighted by Crippen LogP contribution is 2.24. The second kappa shape index (κ2) is 5.24. The summed E-state index contributed by atoms with van der Waals surface area (Å²) in [7, 11) is 0. The van der Waals surface area contributed by atoms with Crippen LogP contribution in [0.2, 0.25) is 0 Å². The van der Waals surface area contributed by atoms with E-state index in [0.717, 1.165) is 22.5 Å². The maximum Gasteiger partial charge on any atom is 0.180 e. The van der Waals surface area contributed by atoms with E-state index in [1.807, 2.05) is 16.8 Å². The molecule has 0 saturated carbocycles. The van der Waals surface area contributed by atoms with Crippen LogP contribution >= 0.6 is 15.9 Å². The number of hydrogen-bond donors (Lipinski definition) is 2. The van der Waals surface area contributed by atoms with Crippen molar-refractivity contribution in [3.05, 3.63) is 23.2 Å². The largest absolute Gasteiger partial charge is 0.396 e. The van der Waals surface area contributed by atoms with Crippen molar-refractivity contribution in [3.63, 3.8) is 0 Å². The minimum Gasteiger partial charge on any atom is -0.396 e. The van der Waals surface area contributed by atoms with Crippen molar-refractivity contribution in [2.45, 2.75) is 32.2 Å². The van der Waals surface area contributed by atoms with Crippen LogP contribution < -0.4 is 5.32 Å². The molecule has 0 aliphatic heterocycles. The predicted octanol–water partition coefficient (Wildman–Crippen LogP) is 2.45. The van der Waals surface area contributed by atoms with Crippen LogP contribution in [-0.4, -0.2) is 31.6 Å². The number of imidazole rings is 1. The topological polar surface area (TPSA) is 62.5 Å². The number of fused-ring (bicyclic) bond motifs is 1. The first kappa shape index (κ1) is 13.3. The molecule has 0 saturated heterocycles. The van der Waals surface area contributed by atoms with Gasteiger partial charge < -0.3 is 14.8 Å². The number of hydrogen-bond acceptors (Lipinski definition) is 4. The zero-order valence-electron chi connectivity index (χ0n) is 10.5. The van der Waals surface area contributed by atoms with E-state index in [1.165, 1.54) is 0 Å². The molecule has 0 aromatic carbocycles. The Bertz CT molecular complexity index is 542. The van der Waals surface area contributed by atoms with Gasteiger partial charge in [-0.05, 0) is 35.7 Å². The Labute approximate surface area is 114 Å². The highest BCUT2D eigenvalue weighted by molar-refractivity contribution is 9.10. The second-order valence-electron chi connectivity index (χ2n) is 4.58. The third-order valence-corrected chi connectivity index (χ3v) is 3.59. The molecular formula is C12H17BrN4O. The number of rotatable bonds is 5. The van der Waals surface area contributed by atoms with Gasteiger partial charge in [-0.25, -0.2) is 9.97 Å². The minimum absolute atomic E-state index is 0.149. The summed E-state index contributed by atoms with van der Waals surface area (Å²) in [6, 6.07) is 0. The van der Waals surface area contributed by atoms with Gasteiger partial charge in [0.15, 0.2) is 11.5 Å². The lowest BCUT2D eigenvalue weighted by Crippen LogP contribution is -2.35. The molecule has 18 heavy (non-hydrogen) atoms. The smallest absolute Gasteiger partial charge is 0.180 e. The zero-order chi connectivity index (χ0) is 13.2. The average Bonchev–Trinajstić information content (AvgIpc) is 2.77. The molecule has 1 unspecified atom stereocenters. The van der Waals surface area contributed by atoms with Crippen LogP contribution in [0.3, 0.4) is 0 Å².